The maximum atomic E-state index is 14.7. The lowest BCUT2D eigenvalue weighted by Crippen LogP contribution is -2.27. The minimum Gasteiger partial charge on any atom is -0.363 e. The van der Waals surface area contributed by atoms with Gasteiger partial charge in [0, 0.05) is 37.1 Å². The molecule has 1 N–H and O–H groups in total. The molecule has 9 heteroatoms. The standard InChI is InChI=1S/C24H27F3N6/c1-13(17-5-4-6-18(22(17)25)23(26)27)29-24-19-7-21(28-8-20(19)30-14(2)31-24)33-11-15-9-32(3)10-16(15)12-33/h4-8,13,15-16,23H,9-12H2,1-3H3,(H,29,30,31)/t13-,15-,16+/m1/s1. The first kappa shape index (κ1) is 21.9. The number of likely N-dealkylation sites (tertiary alicyclic amines) is 1. The Balaban J connectivity index is 1.46. The fourth-order valence-electron chi connectivity index (χ4n) is 5.19. The Labute approximate surface area is 190 Å². The molecule has 1 aromatic carbocycles. The van der Waals surface area contributed by atoms with Gasteiger partial charge in [-0.1, -0.05) is 18.2 Å². The minimum atomic E-state index is -2.87. The van der Waals surface area contributed by atoms with Gasteiger partial charge in [-0.2, -0.15) is 0 Å². The molecule has 2 fully saturated rings. The van der Waals surface area contributed by atoms with E-state index in [0.29, 0.717) is 29.0 Å². The summed E-state index contributed by atoms with van der Waals surface area (Å²) in [6.45, 7) is 7.64. The lowest BCUT2D eigenvalue weighted by atomic mass is 10.0. The fourth-order valence-corrected chi connectivity index (χ4v) is 5.19. The fraction of sp³-hybridized carbons (Fsp3) is 0.458. The number of hydrogen-bond donors (Lipinski definition) is 1. The average Bonchev–Trinajstić information content (AvgIpc) is 3.30. The smallest absolute Gasteiger partial charge is 0.266 e. The van der Waals surface area contributed by atoms with Crippen LogP contribution in [0.1, 0.15) is 36.3 Å². The Morgan fingerprint density at radius 3 is 2.45 bits per heavy atom. The number of aromatic nitrogens is 3. The Kier molecular flexibility index (Phi) is 5.60. The van der Waals surface area contributed by atoms with Crippen LogP contribution >= 0.6 is 0 Å². The monoisotopic (exact) mass is 456 g/mol. The predicted molar refractivity (Wildman–Crippen MR) is 122 cm³/mol. The third-order valence-corrected chi connectivity index (χ3v) is 6.79. The van der Waals surface area contributed by atoms with Gasteiger partial charge in [-0.25, -0.2) is 28.1 Å². The summed E-state index contributed by atoms with van der Waals surface area (Å²) in [7, 11) is 2.16. The highest BCUT2D eigenvalue weighted by Crippen LogP contribution is 2.35. The summed E-state index contributed by atoms with van der Waals surface area (Å²) in [4.78, 5) is 18.4. The van der Waals surface area contributed by atoms with Crippen LogP contribution in [0, 0.1) is 24.6 Å². The number of nitrogens with one attached hydrogen (secondary N) is 1. The van der Waals surface area contributed by atoms with E-state index in [9.17, 15) is 13.2 Å². The number of benzene rings is 1. The number of hydrogen-bond acceptors (Lipinski definition) is 6. The highest BCUT2D eigenvalue weighted by Gasteiger charge is 2.39. The van der Waals surface area contributed by atoms with Crippen molar-refractivity contribution in [3.8, 4) is 0 Å². The van der Waals surface area contributed by atoms with Crippen LogP contribution in [0.2, 0.25) is 0 Å². The second-order valence-electron chi connectivity index (χ2n) is 9.24. The molecular weight excluding hydrogens is 429 g/mol. The van der Waals surface area contributed by atoms with Gasteiger partial charge in [0.1, 0.15) is 23.3 Å². The van der Waals surface area contributed by atoms with Gasteiger partial charge in [0.25, 0.3) is 6.43 Å². The normalized spacial score (nSPS) is 21.7. The van der Waals surface area contributed by atoms with E-state index in [-0.39, 0.29) is 5.56 Å². The lowest BCUT2D eigenvalue weighted by molar-refractivity contribution is 0.146. The van der Waals surface area contributed by atoms with Gasteiger partial charge in [-0.05, 0) is 38.8 Å². The van der Waals surface area contributed by atoms with Gasteiger partial charge in [0.2, 0.25) is 0 Å². The molecule has 0 radical (unpaired) electrons. The molecule has 2 aromatic heterocycles. The van der Waals surface area contributed by atoms with Crippen LogP contribution in [0.5, 0.6) is 0 Å². The quantitative estimate of drug-likeness (QED) is 0.607. The molecule has 2 saturated heterocycles. The average molecular weight is 457 g/mol. The molecular formula is C24H27F3N6. The molecule has 2 aliphatic rings. The number of pyridine rings is 1. The van der Waals surface area contributed by atoms with E-state index in [2.05, 4.69) is 37.1 Å². The van der Waals surface area contributed by atoms with Crippen molar-refractivity contribution >= 4 is 22.5 Å². The summed E-state index contributed by atoms with van der Waals surface area (Å²) in [5, 5.41) is 4.00. The largest absolute Gasteiger partial charge is 0.363 e. The molecule has 33 heavy (non-hydrogen) atoms. The van der Waals surface area contributed by atoms with E-state index in [4.69, 9.17) is 0 Å². The molecule has 0 aliphatic carbocycles. The van der Waals surface area contributed by atoms with Gasteiger partial charge in [-0.3, -0.25) is 0 Å². The number of aryl methyl sites for hydroxylation is 1. The Morgan fingerprint density at radius 2 is 1.76 bits per heavy atom. The molecule has 0 bridgehead atoms. The van der Waals surface area contributed by atoms with Crippen LogP contribution in [0.4, 0.5) is 24.8 Å². The van der Waals surface area contributed by atoms with E-state index in [1.54, 1.807) is 20.0 Å². The summed E-state index contributed by atoms with van der Waals surface area (Å²) < 4.78 is 41.0. The van der Waals surface area contributed by atoms with Crippen LogP contribution < -0.4 is 10.2 Å². The molecule has 0 unspecified atom stereocenters. The van der Waals surface area contributed by atoms with Crippen LogP contribution in [0.3, 0.4) is 0 Å². The van der Waals surface area contributed by atoms with E-state index in [0.717, 1.165) is 43.4 Å². The topological polar surface area (TPSA) is 57.2 Å². The molecule has 2 aliphatic heterocycles. The van der Waals surface area contributed by atoms with Gasteiger partial charge < -0.3 is 15.1 Å². The highest BCUT2D eigenvalue weighted by molar-refractivity contribution is 5.90. The van der Waals surface area contributed by atoms with Crippen molar-refractivity contribution in [3.05, 3.63) is 53.2 Å². The van der Waals surface area contributed by atoms with Crippen molar-refractivity contribution in [2.45, 2.75) is 26.3 Å². The van der Waals surface area contributed by atoms with Gasteiger partial charge in [0.15, 0.2) is 0 Å². The summed E-state index contributed by atoms with van der Waals surface area (Å²) in [6, 6.07) is 5.48. The number of nitrogens with zero attached hydrogens (tertiary/aromatic N) is 5. The van der Waals surface area contributed by atoms with Crippen LogP contribution in [0.25, 0.3) is 10.9 Å². The van der Waals surface area contributed by atoms with Gasteiger partial charge in [0.05, 0.1) is 23.3 Å². The predicted octanol–water partition coefficient (Wildman–Crippen LogP) is 4.58. The van der Waals surface area contributed by atoms with Crippen molar-refractivity contribution in [1.82, 2.24) is 19.9 Å². The Hall–Kier alpha value is -2.94. The summed E-state index contributed by atoms with van der Waals surface area (Å²) in [6.07, 6.45) is -1.12. The van der Waals surface area contributed by atoms with E-state index in [1.165, 1.54) is 12.1 Å². The Bertz CT molecular complexity index is 1170. The zero-order valence-electron chi connectivity index (χ0n) is 18.9. The molecule has 3 atom stereocenters. The SMILES string of the molecule is Cc1nc(N[C@H](C)c2cccc(C(F)F)c2F)c2cc(N3C[C@H]4CN(C)C[C@H]4C3)ncc2n1. The van der Waals surface area contributed by atoms with Crippen molar-refractivity contribution < 1.29 is 13.2 Å². The highest BCUT2D eigenvalue weighted by atomic mass is 19.3. The molecule has 4 heterocycles. The summed E-state index contributed by atoms with van der Waals surface area (Å²) >= 11 is 0. The number of halogens is 3. The van der Waals surface area contributed by atoms with Crippen molar-refractivity contribution in [2.75, 3.05) is 43.4 Å². The number of rotatable bonds is 5. The van der Waals surface area contributed by atoms with Crippen molar-refractivity contribution in [1.29, 1.82) is 0 Å². The maximum Gasteiger partial charge on any atom is 0.266 e. The zero-order chi connectivity index (χ0) is 23.3. The van der Waals surface area contributed by atoms with E-state index in [1.807, 2.05) is 6.07 Å². The van der Waals surface area contributed by atoms with E-state index >= 15 is 0 Å². The number of anilines is 2. The molecule has 5 rings (SSSR count). The lowest BCUT2D eigenvalue weighted by Gasteiger charge is -2.22. The second kappa shape index (κ2) is 8.44. The Morgan fingerprint density at radius 1 is 1.06 bits per heavy atom. The van der Waals surface area contributed by atoms with E-state index < -0.39 is 23.8 Å². The molecule has 0 saturated carbocycles. The van der Waals surface area contributed by atoms with Gasteiger partial charge >= 0.3 is 0 Å². The molecule has 3 aromatic rings. The molecule has 174 valence electrons. The third-order valence-electron chi connectivity index (χ3n) is 6.79. The first-order chi connectivity index (χ1) is 15.8. The number of fused-ring (bicyclic) bond motifs is 2. The first-order valence-corrected chi connectivity index (χ1v) is 11.2. The second-order valence-corrected chi connectivity index (χ2v) is 9.24. The van der Waals surface area contributed by atoms with Crippen LogP contribution in [-0.2, 0) is 0 Å². The first-order valence-electron chi connectivity index (χ1n) is 11.2. The molecule has 0 spiro atoms. The molecule has 0 amide bonds. The van der Waals surface area contributed by atoms with Gasteiger partial charge in [-0.15, -0.1) is 0 Å². The zero-order valence-corrected chi connectivity index (χ0v) is 18.9. The minimum absolute atomic E-state index is 0.169. The number of alkyl halides is 2. The molecule has 6 nitrogen and oxygen atoms in total. The summed E-state index contributed by atoms with van der Waals surface area (Å²) in [5.41, 5.74) is 0.256. The maximum absolute atomic E-state index is 14.7. The van der Waals surface area contributed by atoms with Crippen LogP contribution in [-0.4, -0.2) is 53.1 Å². The van der Waals surface area contributed by atoms with Crippen LogP contribution in [0.15, 0.2) is 30.5 Å². The summed E-state index contributed by atoms with van der Waals surface area (Å²) in [5.74, 6) is 2.35. The third kappa shape index (κ3) is 4.10. The van der Waals surface area contributed by atoms with Crippen molar-refractivity contribution in [2.24, 2.45) is 11.8 Å². The van der Waals surface area contributed by atoms with Crippen molar-refractivity contribution in [3.63, 3.8) is 0 Å².